The fourth-order valence-corrected chi connectivity index (χ4v) is 5.06. The van der Waals surface area contributed by atoms with Crippen molar-refractivity contribution in [2.45, 2.75) is 74.9 Å². The van der Waals surface area contributed by atoms with Gasteiger partial charge in [0.15, 0.2) is 18.5 Å². The van der Waals surface area contributed by atoms with Gasteiger partial charge in [0.25, 0.3) is 0 Å². The molecule has 0 radical (unpaired) electrons. The summed E-state index contributed by atoms with van der Waals surface area (Å²) in [6.07, 6.45) is -8.74. The van der Waals surface area contributed by atoms with Crippen molar-refractivity contribution in [3.8, 4) is 0 Å². The standard InChI is InChI=1S/C23H29N3O10/c1-10-15(27)19-14(8-24-21(29)36-19)33-20(10)34-17-12(7-13-18(16(17)28)35-23(31)26-13)25-22(30)32-9-11-5-3-2-4-6-11/h2-6,10,12-20,27-28H,7-9H2,1H3,(H,24,29)(H,25,30)(H,26,31)/t10?,12?,13-,14?,15+,16-,17-,18?,19-,20-/m0/s1. The molecule has 3 saturated heterocycles. The van der Waals surface area contributed by atoms with E-state index in [1.807, 2.05) is 30.3 Å². The lowest BCUT2D eigenvalue weighted by Gasteiger charge is -2.47. The molecule has 4 unspecified atom stereocenters. The molecule has 3 heterocycles. The lowest BCUT2D eigenvalue weighted by Crippen LogP contribution is -2.66. The summed E-state index contributed by atoms with van der Waals surface area (Å²) in [7, 11) is 0. The van der Waals surface area contributed by atoms with Gasteiger partial charge in [0.1, 0.15) is 31.0 Å². The Morgan fingerprint density at radius 3 is 2.64 bits per heavy atom. The van der Waals surface area contributed by atoms with Crippen LogP contribution in [0.5, 0.6) is 0 Å². The van der Waals surface area contributed by atoms with Crippen LogP contribution in [0, 0.1) is 5.92 Å². The average molecular weight is 507 g/mol. The minimum Gasteiger partial charge on any atom is -0.445 e. The SMILES string of the molecule is CC1[C@H](O[C@H]2C(NC(=O)OCc3ccccc3)C[C@@H]3NC(=O)OC3[C@H]2O)OC2CNC(=O)O[C@@H]2[C@@H]1O. The molecule has 3 aliphatic heterocycles. The van der Waals surface area contributed by atoms with Gasteiger partial charge in [-0.1, -0.05) is 37.3 Å². The fourth-order valence-electron chi connectivity index (χ4n) is 5.06. The Hall–Kier alpha value is -3.13. The van der Waals surface area contributed by atoms with Crippen LogP contribution in [0.25, 0.3) is 0 Å². The maximum atomic E-state index is 12.6. The van der Waals surface area contributed by atoms with E-state index in [0.29, 0.717) is 0 Å². The molecular weight excluding hydrogens is 478 g/mol. The Morgan fingerprint density at radius 2 is 1.86 bits per heavy atom. The molecule has 13 heteroatoms. The normalized spacial score (nSPS) is 39.4. The summed E-state index contributed by atoms with van der Waals surface area (Å²) < 4.78 is 27.8. The largest absolute Gasteiger partial charge is 0.445 e. The van der Waals surface area contributed by atoms with E-state index in [-0.39, 0.29) is 19.6 Å². The Bertz CT molecular complexity index is 978. The number of nitrogens with one attached hydrogen (secondary N) is 3. The monoisotopic (exact) mass is 507 g/mol. The highest BCUT2D eigenvalue weighted by Gasteiger charge is 2.54. The first-order valence-corrected chi connectivity index (χ1v) is 11.9. The van der Waals surface area contributed by atoms with Crippen molar-refractivity contribution in [3.63, 3.8) is 0 Å². The third kappa shape index (κ3) is 4.91. The highest BCUT2D eigenvalue weighted by Crippen LogP contribution is 2.35. The number of rotatable bonds is 5. The van der Waals surface area contributed by atoms with E-state index in [1.165, 1.54) is 0 Å². The topological polar surface area (TPSA) is 174 Å². The van der Waals surface area contributed by atoms with Crippen LogP contribution in [0.2, 0.25) is 0 Å². The van der Waals surface area contributed by atoms with Gasteiger partial charge >= 0.3 is 18.3 Å². The number of carbonyl (C=O) groups is 3. The van der Waals surface area contributed by atoms with Crippen molar-refractivity contribution in [3.05, 3.63) is 35.9 Å². The molecule has 13 nitrogen and oxygen atoms in total. The molecule has 4 aliphatic rings. The zero-order valence-corrected chi connectivity index (χ0v) is 19.4. The molecule has 0 aromatic heterocycles. The van der Waals surface area contributed by atoms with Gasteiger partial charge in [0.2, 0.25) is 0 Å². The lowest BCUT2D eigenvalue weighted by molar-refractivity contribution is -0.305. The number of aliphatic hydroxyl groups is 2. The van der Waals surface area contributed by atoms with E-state index in [0.717, 1.165) is 5.56 Å². The van der Waals surface area contributed by atoms with Crippen molar-refractivity contribution in [2.24, 2.45) is 5.92 Å². The second-order valence-corrected chi connectivity index (χ2v) is 9.40. The van der Waals surface area contributed by atoms with E-state index in [9.17, 15) is 24.6 Å². The van der Waals surface area contributed by atoms with E-state index in [1.54, 1.807) is 6.92 Å². The van der Waals surface area contributed by atoms with Gasteiger partial charge in [-0.15, -0.1) is 0 Å². The minimum absolute atomic E-state index is 0.0448. The molecule has 1 aliphatic carbocycles. The van der Waals surface area contributed by atoms with Crippen LogP contribution in [0.15, 0.2) is 30.3 Å². The van der Waals surface area contributed by atoms with Gasteiger partial charge in [0.05, 0.1) is 18.6 Å². The minimum atomic E-state index is -1.31. The quantitative estimate of drug-likeness (QED) is 0.334. The number of benzene rings is 1. The number of aliphatic hydroxyl groups excluding tert-OH is 2. The smallest absolute Gasteiger partial charge is 0.407 e. The van der Waals surface area contributed by atoms with Crippen LogP contribution in [-0.2, 0) is 30.3 Å². The summed E-state index contributed by atoms with van der Waals surface area (Å²) in [5.74, 6) is -0.642. The molecule has 1 aromatic carbocycles. The zero-order chi connectivity index (χ0) is 25.4. The second kappa shape index (κ2) is 10.1. The van der Waals surface area contributed by atoms with Crippen LogP contribution in [-0.4, -0.2) is 90.0 Å². The molecule has 0 bridgehead atoms. The molecule has 1 saturated carbocycles. The highest BCUT2D eigenvalue weighted by molar-refractivity contribution is 5.71. The zero-order valence-electron chi connectivity index (χ0n) is 19.4. The number of hydrogen-bond acceptors (Lipinski definition) is 10. The van der Waals surface area contributed by atoms with Gasteiger partial charge in [0, 0.05) is 5.92 Å². The van der Waals surface area contributed by atoms with Crippen molar-refractivity contribution < 1.29 is 48.3 Å². The molecule has 5 N–H and O–H groups in total. The number of ether oxygens (including phenoxy) is 5. The fraction of sp³-hybridized carbons (Fsp3) is 0.609. The maximum absolute atomic E-state index is 12.6. The van der Waals surface area contributed by atoms with Crippen molar-refractivity contribution in [2.75, 3.05) is 6.54 Å². The summed E-state index contributed by atoms with van der Waals surface area (Å²) in [5, 5.41) is 29.7. The first kappa shape index (κ1) is 24.6. The predicted octanol–water partition coefficient (Wildman–Crippen LogP) is -0.261. The Labute approximate surface area is 206 Å². The average Bonchev–Trinajstić information content (AvgIpc) is 3.24. The Kier molecular flexibility index (Phi) is 6.88. The molecule has 0 spiro atoms. The van der Waals surface area contributed by atoms with Crippen molar-refractivity contribution >= 4 is 18.3 Å². The summed E-state index contributed by atoms with van der Waals surface area (Å²) in [5.41, 5.74) is 0.801. The van der Waals surface area contributed by atoms with Crippen LogP contribution in [0.1, 0.15) is 18.9 Å². The molecule has 5 rings (SSSR count). The summed E-state index contributed by atoms with van der Waals surface area (Å²) >= 11 is 0. The van der Waals surface area contributed by atoms with E-state index in [4.69, 9.17) is 23.7 Å². The first-order valence-electron chi connectivity index (χ1n) is 11.9. The molecule has 36 heavy (non-hydrogen) atoms. The second-order valence-electron chi connectivity index (χ2n) is 9.40. The summed E-state index contributed by atoms with van der Waals surface area (Å²) in [4.78, 5) is 36.0. The highest BCUT2D eigenvalue weighted by atomic mass is 16.7. The van der Waals surface area contributed by atoms with Gasteiger partial charge in [-0.25, -0.2) is 14.4 Å². The number of alkyl carbamates (subject to hydrolysis) is 3. The first-order chi connectivity index (χ1) is 17.3. The van der Waals surface area contributed by atoms with Crippen LogP contribution in [0.4, 0.5) is 14.4 Å². The van der Waals surface area contributed by atoms with Crippen LogP contribution < -0.4 is 16.0 Å². The number of carbonyl (C=O) groups excluding carboxylic acids is 3. The molecule has 1 aromatic rings. The van der Waals surface area contributed by atoms with Crippen LogP contribution >= 0.6 is 0 Å². The third-order valence-corrected chi connectivity index (χ3v) is 7.00. The molecular formula is C23H29N3O10. The molecule has 196 valence electrons. The van der Waals surface area contributed by atoms with Gasteiger partial charge < -0.3 is 49.8 Å². The number of hydrogen-bond donors (Lipinski definition) is 5. The van der Waals surface area contributed by atoms with Crippen molar-refractivity contribution in [1.82, 2.24) is 16.0 Å². The van der Waals surface area contributed by atoms with E-state index in [2.05, 4.69) is 16.0 Å². The molecule has 4 fully saturated rings. The predicted molar refractivity (Wildman–Crippen MR) is 118 cm³/mol. The van der Waals surface area contributed by atoms with Gasteiger partial charge in [-0.2, -0.15) is 0 Å². The van der Waals surface area contributed by atoms with Gasteiger partial charge in [-0.05, 0) is 12.0 Å². The maximum Gasteiger partial charge on any atom is 0.407 e. The number of amides is 3. The Morgan fingerprint density at radius 1 is 1.11 bits per heavy atom. The van der Waals surface area contributed by atoms with E-state index < -0.39 is 79.2 Å². The lowest BCUT2D eigenvalue weighted by atomic mass is 9.83. The van der Waals surface area contributed by atoms with Crippen LogP contribution in [0.3, 0.4) is 0 Å². The Balaban J connectivity index is 1.29. The summed E-state index contributed by atoms with van der Waals surface area (Å²) in [6, 6.07) is 7.81. The number of fused-ring (bicyclic) bond motifs is 2. The molecule has 10 atom stereocenters. The van der Waals surface area contributed by atoms with Crippen molar-refractivity contribution in [1.29, 1.82) is 0 Å². The summed E-state index contributed by atoms with van der Waals surface area (Å²) in [6.45, 7) is 1.82. The molecule has 3 amide bonds. The van der Waals surface area contributed by atoms with E-state index >= 15 is 0 Å². The van der Waals surface area contributed by atoms with Gasteiger partial charge in [-0.3, -0.25) is 0 Å². The third-order valence-electron chi connectivity index (χ3n) is 7.00.